The molecule has 0 aliphatic carbocycles. The highest BCUT2D eigenvalue weighted by Crippen LogP contribution is 2.22. The van der Waals surface area contributed by atoms with Gasteiger partial charge < -0.3 is 14.0 Å². The lowest BCUT2D eigenvalue weighted by atomic mass is 10.1. The highest BCUT2D eigenvalue weighted by atomic mass is 127. The fourth-order valence-corrected chi connectivity index (χ4v) is 4.02. The maximum Gasteiger partial charge on any atom is 0.523 e. The number of hydrogen-bond acceptors (Lipinski definition) is 6. The van der Waals surface area contributed by atoms with Gasteiger partial charge in [-0.05, 0) is 45.9 Å². The number of aryl methyl sites for hydroxylation is 1. The molecule has 0 saturated carbocycles. The Balaban J connectivity index is 0.000000289. The first-order chi connectivity index (χ1) is 12.6. The summed E-state index contributed by atoms with van der Waals surface area (Å²) in [5, 5.41) is 0. The third-order valence-corrected chi connectivity index (χ3v) is 6.03. The molecule has 0 saturated heterocycles. The molecule has 6 nitrogen and oxygen atoms in total. The molecule has 2 aromatic carbocycles. The molecule has 0 aromatic heterocycles. The van der Waals surface area contributed by atoms with Crippen LogP contribution in [0.4, 0.5) is 0 Å². The van der Waals surface area contributed by atoms with Gasteiger partial charge in [-0.3, -0.25) is 0 Å². The highest BCUT2D eigenvalue weighted by Gasteiger charge is 2.26. The summed E-state index contributed by atoms with van der Waals surface area (Å²) < 4.78 is 52.6. The van der Waals surface area contributed by atoms with Crippen molar-refractivity contribution in [3.05, 3.63) is 57.2 Å². The lowest BCUT2D eigenvalue weighted by Gasteiger charge is -2.13. The van der Waals surface area contributed by atoms with E-state index in [4.69, 9.17) is 9.47 Å². The van der Waals surface area contributed by atoms with Crippen LogP contribution in [0.1, 0.15) is 38.0 Å². The summed E-state index contributed by atoms with van der Waals surface area (Å²) in [5.41, 5.74) is 1.95. The van der Waals surface area contributed by atoms with Crippen LogP contribution in [0.25, 0.3) is 0 Å². The third-order valence-electron chi connectivity index (χ3n) is 3.54. The molecule has 8 heteroatoms. The topological polar surface area (TPSA) is 95.9 Å². The summed E-state index contributed by atoms with van der Waals surface area (Å²) in [4.78, 5) is -0.178. The van der Waals surface area contributed by atoms with Crippen molar-refractivity contribution >= 4 is 10.1 Å². The number of methoxy groups -OCH3 is 1. The minimum Gasteiger partial charge on any atom is -0.744 e. The Morgan fingerprint density at radius 1 is 1.07 bits per heavy atom. The van der Waals surface area contributed by atoms with E-state index in [9.17, 15) is 16.4 Å². The van der Waals surface area contributed by atoms with E-state index in [1.807, 2.05) is 45.9 Å². The van der Waals surface area contributed by atoms with Gasteiger partial charge in [0.25, 0.3) is 3.57 Å². The van der Waals surface area contributed by atoms with Gasteiger partial charge in [0.15, 0.2) is 5.75 Å². The van der Waals surface area contributed by atoms with Gasteiger partial charge in [-0.15, -0.1) is 0 Å². The average Bonchev–Trinajstić information content (AvgIpc) is 2.60. The molecule has 0 aliphatic rings. The van der Waals surface area contributed by atoms with E-state index < -0.39 is 31.7 Å². The van der Waals surface area contributed by atoms with Crippen molar-refractivity contribution in [2.24, 2.45) is 0 Å². The van der Waals surface area contributed by atoms with Crippen LogP contribution < -0.4 is 26.4 Å². The van der Waals surface area contributed by atoms with Crippen LogP contribution in [-0.2, 0) is 14.9 Å². The van der Waals surface area contributed by atoms with Crippen LogP contribution in [0.2, 0.25) is 0 Å². The van der Waals surface area contributed by atoms with Gasteiger partial charge in [-0.2, -0.15) is 3.44 Å². The Morgan fingerprint density at radius 2 is 1.67 bits per heavy atom. The number of halogens is 1. The SMILES string of the molecule is CO[C@@H](C)c1cccc(OC(C)C)c1[I+]O.Cc1ccc(S(=O)(=O)[O-])cc1. The van der Waals surface area contributed by atoms with Gasteiger partial charge in [-0.25, -0.2) is 8.42 Å². The largest absolute Gasteiger partial charge is 0.744 e. The minimum absolute atomic E-state index is 0.0161. The normalized spacial score (nSPS) is 12.3. The molecule has 150 valence electrons. The zero-order valence-corrected chi connectivity index (χ0v) is 18.9. The zero-order chi connectivity index (χ0) is 20.6. The minimum atomic E-state index is -4.27. The molecule has 1 atom stereocenters. The van der Waals surface area contributed by atoms with E-state index >= 15 is 0 Å². The summed E-state index contributed by atoms with van der Waals surface area (Å²) in [6.45, 7) is 7.75. The molecular weight excluding hydrogens is 483 g/mol. The molecule has 0 bridgehead atoms. The second kappa shape index (κ2) is 11.0. The van der Waals surface area contributed by atoms with Crippen LogP contribution in [0.5, 0.6) is 5.75 Å². The number of rotatable bonds is 6. The smallest absolute Gasteiger partial charge is 0.523 e. The van der Waals surface area contributed by atoms with Crippen molar-refractivity contribution in [1.82, 2.24) is 0 Å². The van der Waals surface area contributed by atoms with E-state index in [-0.39, 0.29) is 17.1 Å². The lowest BCUT2D eigenvalue weighted by molar-refractivity contribution is -0.867. The zero-order valence-electron chi connectivity index (χ0n) is 16.0. The quantitative estimate of drug-likeness (QED) is 0.444. The van der Waals surface area contributed by atoms with Crippen LogP contribution in [0, 0.1) is 10.5 Å². The van der Waals surface area contributed by atoms with Crippen molar-refractivity contribution in [3.8, 4) is 5.75 Å². The van der Waals surface area contributed by atoms with Gasteiger partial charge in [0.2, 0.25) is 0 Å². The van der Waals surface area contributed by atoms with E-state index in [1.54, 1.807) is 19.2 Å². The van der Waals surface area contributed by atoms with Gasteiger partial charge in [-0.1, -0.05) is 29.8 Å². The monoisotopic (exact) mass is 508 g/mol. The van der Waals surface area contributed by atoms with Crippen molar-refractivity contribution in [3.63, 3.8) is 0 Å². The molecule has 0 aliphatic heterocycles. The molecular formula is C19H25IO6S. The van der Waals surface area contributed by atoms with Gasteiger partial charge in [0.05, 0.1) is 17.1 Å². The summed E-state index contributed by atoms with van der Waals surface area (Å²) in [6, 6.07) is 11.6. The maximum absolute atomic E-state index is 10.4. The molecule has 1 N–H and O–H groups in total. The summed E-state index contributed by atoms with van der Waals surface area (Å²) in [5.74, 6) is 0.784. The second-order valence-corrected chi connectivity index (χ2v) is 9.00. The van der Waals surface area contributed by atoms with Crippen molar-refractivity contribution < 1.29 is 47.5 Å². The molecule has 2 aromatic rings. The summed E-state index contributed by atoms with van der Waals surface area (Å²) in [6.07, 6.45) is 0.0972. The molecule has 0 spiro atoms. The van der Waals surface area contributed by atoms with Gasteiger partial charge in [0.1, 0.15) is 10.1 Å². The third kappa shape index (κ3) is 7.74. The standard InChI is InChI=1S/C12H18IO3.C7H8O3S/c1-8(2)16-11-7-5-6-10(9(3)15-4)12(11)13-14;1-6-2-4-7(5-3-6)11(8,9)10/h5-9,14H,1-4H3;2-5H,1H3,(H,8,9,10)/q+1;/p-1/t9-;/m0./s1. The molecule has 0 heterocycles. The predicted molar refractivity (Wildman–Crippen MR) is 97.7 cm³/mol. The Labute approximate surface area is 172 Å². The van der Waals surface area contributed by atoms with Crippen molar-refractivity contribution in [2.45, 2.75) is 44.8 Å². The fraction of sp³-hybridized carbons (Fsp3) is 0.368. The van der Waals surface area contributed by atoms with Crippen molar-refractivity contribution in [1.29, 1.82) is 0 Å². The number of hydrogen-bond donors (Lipinski definition) is 1. The van der Waals surface area contributed by atoms with Gasteiger partial charge >= 0.3 is 21.6 Å². The lowest BCUT2D eigenvalue weighted by Crippen LogP contribution is -3.61. The van der Waals surface area contributed by atoms with Crippen LogP contribution in [-0.4, -0.2) is 29.6 Å². The van der Waals surface area contributed by atoms with Crippen LogP contribution in [0.15, 0.2) is 47.4 Å². The first-order valence-corrected chi connectivity index (χ1v) is 11.7. The fourth-order valence-electron chi connectivity index (χ4n) is 2.11. The van der Waals surface area contributed by atoms with Crippen molar-refractivity contribution in [2.75, 3.05) is 7.11 Å². The molecule has 0 unspecified atom stereocenters. The van der Waals surface area contributed by atoms with E-state index in [2.05, 4.69) is 0 Å². The molecule has 27 heavy (non-hydrogen) atoms. The molecule has 0 radical (unpaired) electrons. The number of ether oxygens (including phenoxy) is 2. The Bertz CT molecular complexity index is 819. The van der Waals surface area contributed by atoms with Crippen LogP contribution >= 0.6 is 0 Å². The van der Waals surface area contributed by atoms with E-state index in [0.717, 1.165) is 20.4 Å². The summed E-state index contributed by atoms with van der Waals surface area (Å²) >= 11 is -1.01. The Kier molecular flexibility index (Phi) is 9.68. The summed E-state index contributed by atoms with van der Waals surface area (Å²) in [7, 11) is -2.60. The highest BCUT2D eigenvalue weighted by molar-refractivity contribution is 7.85. The van der Waals surface area contributed by atoms with Gasteiger partial charge in [0, 0.05) is 12.7 Å². The van der Waals surface area contributed by atoms with Crippen LogP contribution in [0.3, 0.4) is 0 Å². The first kappa shape index (κ1) is 23.8. The predicted octanol–water partition coefficient (Wildman–Crippen LogP) is 0.246. The van der Waals surface area contributed by atoms with E-state index in [1.165, 1.54) is 12.1 Å². The second-order valence-electron chi connectivity index (χ2n) is 6.06. The molecule has 2 rings (SSSR count). The Morgan fingerprint density at radius 3 is 2.11 bits per heavy atom. The Hall–Kier alpha value is -1.20. The maximum atomic E-state index is 10.4. The first-order valence-electron chi connectivity index (χ1n) is 8.23. The molecule has 0 amide bonds. The molecule has 0 fully saturated rings. The average molecular weight is 508 g/mol. The number of benzene rings is 2. The van der Waals surface area contributed by atoms with E-state index in [0.29, 0.717) is 0 Å².